The second kappa shape index (κ2) is 8.89. The van der Waals surface area contributed by atoms with Crippen molar-refractivity contribution in [3.63, 3.8) is 0 Å². The van der Waals surface area contributed by atoms with Crippen LogP contribution in [0.25, 0.3) is 10.8 Å². The normalized spacial score (nSPS) is 15.0. The maximum Gasteiger partial charge on any atom is 0.223 e. The molecule has 0 atom stereocenters. The summed E-state index contributed by atoms with van der Waals surface area (Å²) in [6, 6.07) is 12.1. The van der Waals surface area contributed by atoms with Crippen molar-refractivity contribution in [1.29, 1.82) is 0 Å². The molecule has 144 valence electrons. The number of nitrogens with one attached hydrogen (secondary N) is 1. The number of ether oxygens (including phenoxy) is 1. The molecule has 3 rings (SSSR count). The van der Waals surface area contributed by atoms with E-state index in [-0.39, 0.29) is 17.7 Å². The summed E-state index contributed by atoms with van der Waals surface area (Å²) in [5, 5.41) is 5.31. The first-order valence-corrected chi connectivity index (χ1v) is 9.74. The number of piperidine rings is 1. The van der Waals surface area contributed by atoms with Crippen LogP contribution in [0.2, 0.25) is 0 Å². The van der Waals surface area contributed by atoms with E-state index in [0.717, 1.165) is 41.3 Å². The van der Waals surface area contributed by atoms with Gasteiger partial charge in [-0.1, -0.05) is 37.3 Å². The van der Waals surface area contributed by atoms with Gasteiger partial charge in [0.15, 0.2) is 0 Å². The molecule has 1 fully saturated rings. The second-order valence-corrected chi connectivity index (χ2v) is 7.09. The largest absolute Gasteiger partial charge is 0.496 e. The summed E-state index contributed by atoms with van der Waals surface area (Å²) in [4.78, 5) is 26.5. The molecule has 0 bridgehead atoms. The molecular formula is C22H28N2O3. The Labute approximate surface area is 160 Å². The standard InChI is InChI=1S/C22H28N2O3/c1-3-6-21(25)24-13-11-17(12-14-24)22(26)23-15-19-18-8-5-4-7-16(18)9-10-20(19)27-2/h4-5,7-10,17H,3,6,11-15H2,1-2H3,(H,23,26). The molecule has 1 aliphatic heterocycles. The first-order chi connectivity index (χ1) is 13.1. The smallest absolute Gasteiger partial charge is 0.223 e. The zero-order valence-electron chi connectivity index (χ0n) is 16.2. The summed E-state index contributed by atoms with van der Waals surface area (Å²) >= 11 is 0. The fraction of sp³-hybridized carbons (Fsp3) is 0.455. The van der Waals surface area contributed by atoms with Gasteiger partial charge in [0.1, 0.15) is 5.75 Å². The number of carbonyl (C=O) groups is 2. The van der Waals surface area contributed by atoms with Crippen LogP contribution >= 0.6 is 0 Å². The predicted molar refractivity (Wildman–Crippen MR) is 107 cm³/mol. The summed E-state index contributed by atoms with van der Waals surface area (Å²) in [5.74, 6) is 1.02. The first-order valence-electron chi connectivity index (χ1n) is 9.74. The zero-order chi connectivity index (χ0) is 19.2. The number of amides is 2. The number of carbonyl (C=O) groups excluding carboxylic acids is 2. The van der Waals surface area contributed by atoms with E-state index < -0.39 is 0 Å². The zero-order valence-corrected chi connectivity index (χ0v) is 16.2. The Kier molecular flexibility index (Phi) is 6.32. The monoisotopic (exact) mass is 368 g/mol. The van der Waals surface area contributed by atoms with E-state index in [2.05, 4.69) is 17.4 Å². The summed E-state index contributed by atoms with van der Waals surface area (Å²) in [6.07, 6.45) is 2.92. The van der Waals surface area contributed by atoms with Crippen molar-refractivity contribution in [2.75, 3.05) is 20.2 Å². The number of benzene rings is 2. The third kappa shape index (κ3) is 4.41. The summed E-state index contributed by atoms with van der Waals surface area (Å²) in [5.41, 5.74) is 1.000. The van der Waals surface area contributed by atoms with Crippen LogP contribution in [0.1, 0.15) is 38.2 Å². The van der Waals surface area contributed by atoms with Gasteiger partial charge in [0.05, 0.1) is 7.11 Å². The van der Waals surface area contributed by atoms with E-state index in [1.54, 1.807) is 7.11 Å². The Balaban J connectivity index is 1.62. The van der Waals surface area contributed by atoms with Gasteiger partial charge in [0.25, 0.3) is 0 Å². The predicted octanol–water partition coefficient (Wildman–Crippen LogP) is 3.50. The summed E-state index contributed by atoms with van der Waals surface area (Å²) in [7, 11) is 1.65. The number of hydrogen-bond donors (Lipinski definition) is 1. The quantitative estimate of drug-likeness (QED) is 0.849. The van der Waals surface area contributed by atoms with Crippen molar-refractivity contribution in [3.05, 3.63) is 42.0 Å². The number of methoxy groups -OCH3 is 1. The lowest BCUT2D eigenvalue weighted by Gasteiger charge is -2.31. The van der Waals surface area contributed by atoms with Gasteiger partial charge in [-0.2, -0.15) is 0 Å². The summed E-state index contributed by atoms with van der Waals surface area (Å²) < 4.78 is 5.50. The molecule has 0 radical (unpaired) electrons. The molecule has 1 N–H and O–H groups in total. The van der Waals surface area contributed by atoms with Gasteiger partial charge in [-0.25, -0.2) is 0 Å². The second-order valence-electron chi connectivity index (χ2n) is 7.09. The van der Waals surface area contributed by atoms with Gasteiger partial charge < -0.3 is 15.0 Å². The fourth-order valence-electron chi connectivity index (χ4n) is 3.77. The molecular weight excluding hydrogens is 340 g/mol. The van der Waals surface area contributed by atoms with E-state index in [1.807, 2.05) is 36.1 Å². The van der Waals surface area contributed by atoms with E-state index in [1.165, 1.54) is 0 Å². The molecule has 5 heteroatoms. The Morgan fingerprint density at radius 2 is 1.89 bits per heavy atom. The Morgan fingerprint density at radius 3 is 2.59 bits per heavy atom. The van der Waals surface area contributed by atoms with Crippen molar-refractivity contribution in [2.24, 2.45) is 5.92 Å². The van der Waals surface area contributed by atoms with Crippen molar-refractivity contribution in [3.8, 4) is 5.75 Å². The lowest BCUT2D eigenvalue weighted by atomic mass is 9.95. The van der Waals surface area contributed by atoms with Crippen molar-refractivity contribution in [1.82, 2.24) is 10.2 Å². The van der Waals surface area contributed by atoms with Crippen LogP contribution < -0.4 is 10.1 Å². The lowest BCUT2D eigenvalue weighted by Crippen LogP contribution is -2.42. The van der Waals surface area contributed by atoms with Crippen molar-refractivity contribution >= 4 is 22.6 Å². The highest BCUT2D eigenvalue weighted by atomic mass is 16.5. The average molecular weight is 368 g/mol. The molecule has 0 saturated carbocycles. The van der Waals surface area contributed by atoms with Crippen LogP contribution in [0.4, 0.5) is 0 Å². The molecule has 27 heavy (non-hydrogen) atoms. The number of likely N-dealkylation sites (tertiary alicyclic amines) is 1. The first kappa shape index (κ1) is 19.2. The highest BCUT2D eigenvalue weighted by Crippen LogP contribution is 2.28. The number of rotatable bonds is 6. The van der Waals surface area contributed by atoms with Gasteiger partial charge in [-0.3, -0.25) is 9.59 Å². The minimum atomic E-state index is -0.0309. The van der Waals surface area contributed by atoms with Crippen molar-refractivity contribution < 1.29 is 14.3 Å². The Hall–Kier alpha value is -2.56. The van der Waals surface area contributed by atoms with Crippen LogP contribution in [-0.2, 0) is 16.1 Å². The van der Waals surface area contributed by atoms with Crippen LogP contribution in [0.15, 0.2) is 36.4 Å². The van der Waals surface area contributed by atoms with Gasteiger partial charge >= 0.3 is 0 Å². The molecule has 0 aromatic heterocycles. The van der Waals surface area contributed by atoms with E-state index in [0.29, 0.717) is 26.1 Å². The van der Waals surface area contributed by atoms with Crippen LogP contribution in [-0.4, -0.2) is 36.9 Å². The maximum atomic E-state index is 12.7. The highest BCUT2D eigenvalue weighted by Gasteiger charge is 2.27. The molecule has 0 unspecified atom stereocenters. The molecule has 0 spiro atoms. The van der Waals surface area contributed by atoms with E-state index >= 15 is 0 Å². The molecule has 0 aliphatic carbocycles. The number of nitrogens with zero attached hydrogens (tertiary/aromatic N) is 1. The molecule has 2 amide bonds. The molecule has 1 aliphatic rings. The van der Waals surface area contributed by atoms with Gasteiger partial charge in [-0.15, -0.1) is 0 Å². The summed E-state index contributed by atoms with van der Waals surface area (Å²) in [6.45, 7) is 3.81. The van der Waals surface area contributed by atoms with Crippen molar-refractivity contribution in [2.45, 2.75) is 39.2 Å². The van der Waals surface area contributed by atoms with Crippen LogP contribution in [0.3, 0.4) is 0 Å². The van der Waals surface area contributed by atoms with E-state index in [9.17, 15) is 9.59 Å². The van der Waals surface area contributed by atoms with Gasteiger partial charge in [0, 0.05) is 37.5 Å². The number of fused-ring (bicyclic) bond motifs is 1. The Morgan fingerprint density at radius 1 is 1.15 bits per heavy atom. The minimum Gasteiger partial charge on any atom is -0.496 e. The third-order valence-electron chi connectivity index (χ3n) is 5.34. The third-order valence-corrected chi connectivity index (χ3v) is 5.34. The molecule has 2 aromatic carbocycles. The maximum absolute atomic E-state index is 12.7. The molecule has 1 saturated heterocycles. The van der Waals surface area contributed by atoms with Gasteiger partial charge in [0.2, 0.25) is 11.8 Å². The van der Waals surface area contributed by atoms with Crippen LogP contribution in [0, 0.1) is 5.92 Å². The lowest BCUT2D eigenvalue weighted by molar-refractivity contribution is -0.135. The molecule has 5 nitrogen and oxygen atoms in total. The topological polar surface area (TPSA) is 58.6 Å². The fourth-order valence-corrected chi connectivity index (χ4v) is 3.77. The highest BCUT2D eigenvalue weighted by molar-refractivity contribution is 5.88. The minimum absolute atomic E-state index is 0.0309. The molecule has 1 heterocycles. The Bertz CT molecular complexity index is 810. The van der Waals surface area contributed by atoms with Gasteiger partial charge in [-0.05, 0) is 36.1 Å². The van der Waals surface area contributed by atoms with Crippen LogP contribution in [0.5, 0.6) is 5.75 Å². The van der Waals surface area contributed by atoms with E-state index in [4.69, 9.17) is 4.74 Å². The SMILES string of the molecule is CCCC(=O)N1CCC(C(=O)NCc2c(OC)ccc3ccccc23)CC1. The number of hydrogen-bond acceptors (Lipinski definition) is 3. The molecule has 2 aromatic rings. The average Bonchev–Trinajstić information content (AvgIpc) is 2.71.